The SMILES string of the molecule is CC(C)C[C@H](NC(=O)Cn1nc(-c2cccc(OCCN3CCN(c4ccccc4)CC3)c2)cc1-c1ccccc1)OB(O)O. The molecule has 11 heteroatoms. The van der Waals surface area contributed by atoms with Gasteiger partial charge in [0, 0.05) is 44.0 Å². The third-order valence-electron chi connectivity index (χ3n) is 7.74. The molecular formula is C34H42BN5O5. The molecule has 0 spiro atoms. The van der Waals surface area contributed by atoms with Gasteiger partial charge in [-0.1, -0.05) is 74.5 Å². The van der Waals surface area contributed by atoms with Gasteiger partial charge >= 0.3 is 7.32 Å². The number of amides is 1. The van der Waals surface area contributed by atoms with Crippen LogP contribution in [-0.4, -0.2) is 83.5 Å². The summed E-state index contributed by atoms with van der Waals surface area (Å²) in [6, 6.07) is 30.1. The first-order chi connectivity index (χ1) is 21.8. The van der Waals surface area contributed by atoms with Crippen LogP contribution in [0.3, 0.4) is 0 Å². The zero-order valence-electron chi connectivity index (χ0n) is 26.0. The summed E-state index contributed by atoms with van der Waals surface area (Å²) < 4.78 is 12.9. The molecule has 3 aromatic carbocycles. The number of carbonyl (C=O) groups is 1. The minimum absolute atomic E-state index is 0.0720. The van der Waals surface area contributed by atoms with E-state index in [1.54, 1.807) is 4.68 Å². The Labute approximate surface area is 265 Å². The van der Waals surface area contributed by atoms with Crippen molar-refractivity contribution in [3.8, 4) is 28.3 Å². The summed E-state index contributed by atoms with van der Waals surface area (Å²) in [5.74, 6) is 0.583. The lowest BCUT2D eigenvalue weighted by Gasteiger charge is -2.36. The molecule has 0 unspecified atom stereocenters. The summed E-state index contributed by atoms with van der Waals surface area (Å²) in [5.41, 5.74) is 4.57. The number of hydrogen-bond donors (Lipinski definition) is 3. The number of carbonyl (C=O) groups excluding carboxylic acids is 1. The van der Waals surface area contributed by atoms with E-state index in [1.165, 1.54) is 5.69 Å². The van der Waals surface area contributed by atoms with Crippen molar-refractivity contribution in [3.63, 3.8) is 0 Å². The van der Waals surface area contributed by atoms with E-state index in [2.05, 4.69) is 39.4 Å². The molecular weight excluding hydrogens is 569 g/mol. The second kappa shape index (κ2) is 15.7. The van der Waals surface area contributed by atoms with Crippen LogP contribution in [0.2, 0.25) is 0 Å². The number of piperazine rings is 1. The molecule has 0 radical (unpaired) electrons. The molecule has 0 saturated carbocycles. The smallest absolute Gasteiger partial charge is 0.492 e. The minimum atomic E-state index is -1.98. The zero-order valence-corrected chi connectivity index (χ0v) is 26.0. The van der Waals surface area contributed by atoms with Gasteiger partial charge in [0.05, 0.1) is 11.4 Å². The van der Waals surface area contributed by atoms with Crippen molar-refractivity contribution < 1.29 is 24.2 Å². The van der Waals surface area contributed by atoms with Gasteiger partial charge in [0.1, 0.15) is 25.1 Å². The highest BCUT2D eigenvalue weighted by atomic mass is 16.6. The van der Waals surface area contributed by atoms with E-state index >= 15 is 0 Å². The monoisotopic (exact) mass is 611 g/mol. The van der Waals surface area contributed by atoms with Gasteiger partial charge in [0.15, 0.2) is 0 Å². The van der Waals surface area contributed by atoms with Crippen LogP contribution < -0.4 is 15.0 Å². The number of rotatable bonds is 14. The molecule has 0 aliphatic carbocycles. The van der Waals surface area contributed by atoms with Crippen molar-refractivity contribution in [1.29, 1.82) is 0 Å². The van der Waals surface area contributed by atoms with Crippen LogP contribution in [-0.2, 0) is 16.0 Å². The predicted molar refractivity (Wildman–Crippen MR) is 176 cm³/mol. The summed E-state index contributed by atoms with van der Waals surface area (Å²) in [6.45, 7) is 9.28. The van der Waals surface area contributed by atoms with Gasteiger partial charge in [-0.05, 0) is 48.2 Å². The van der Waals surface area contributed by atoms with Crippen LogP contribution in [0, 0.1) is 5.92 Å². The lowest BCUT2D eigenvalue weighted by Crippen LogP contribution is -2.47. The maximum Gasteiger partial charge on any atom is 0.635 e. The van der Waals surface area contributed by atoms with Crippen LogP contribution in [0.4, 0.5) is 5.69 Å². The molecule has 4 aromatic rings. The maximum atomic E-state index is 13.1. The Morgan fingerprint density at radius 1 is 0.911 bits per heavy atom. The van der Waals surface area contributed by atoms with Gasteiger partial charge in [0.25, 0.3) is 0 Å². The molecule has 1 saturated heterocycles. The maximum absolute atomic E-state index is 13.1. The summed E-state index contributed by atoms with van der Waals surface area (Å²) in [7, 11) is -1.98. The van der Waals surface area contributed by atoms with Crippen LogP contribution in [0.5, 0.6) is 5.75 Å². The molecule has 0 bridgehead atoms. The van der Waals surface area contributed by atoms with Crippen LogP contribution in [0.1, 0.15) is 20.3 Å². The van der Waals surface area contributed by atoms with Gasteiger partial charge < -0.3 is 29.7 Å². The van der Waals surface area contributed by atoms with Crippen molar-refractivity contribution >= 4 is 18.9 Å². The van der Waals surface area contributed by atoms with E-state index < -0.39 is 13.5 Å². The molecule has 1 atom stereocenters. The lowest BCUT2D eigenvalue weighted by atomic mass is 10.1. The fraction of sp³-hybridized carbons (Fsp3) is 0.353. The molecule has 1 aromatic heterocycles. The third kappa shape index (κ3) is 9.42. The Balaban J connectivity index is 1.23. The molecule has 1 amide bonds. The van der Waals surface area contributed by atoms with Crippen LogP contribution in [0.15, 0.2) is 91.0 Å². The summed E-state index contributed by atoms with van der Waals surface area (Å²) in [6.07, 6.45) is -0.412. The zero-order chi connectivity index (χ0) is 31.6. The summed E-state index contributed by atoms with van der Waals surface area (Å²) >= 11 is 0. The van der Waals surface area contributed by atoms with E-state index in [4.69, 9.17) is 14.5 Å². The van der Waals surface area contributed by atoms with E-state index in [1.807, 2.05) is 80.6 Å². The first kappa shape index (κ1) is 32.2. The van der Waals surface area contributed by atoms with Crippen molar-refractivity contribution in [1.82, 2.24) is 20.0 Å². The molecule has 5 rings (SSSR count). The van der Waals surface area contributed by atoms with E-state index in [9.17, 15) is 14.8 Å². The van der Waals surface area contributed by atoms with E-state index in [0.717, 1.165) is 55.3 Å². The van der Waals surface area contributed by atoms with Gasteiger partial charge in [-0.25, -0.2) is 0 Å². The first-order valence-corrected chi connectivity index (χ1v) is 15.5. The fourth-order valence-electron chi connectivity index (χ4n) is 5.51. The van der Waals surface area contributed by atoms with Crippen molar-refractivity contribution in [3.05, 3.63) is 91.0 Å². The standard InChI is InChI=1S/C34H42BN5O5/c1-26(2)22-34(45-35(42)43)36-33(41)25-40-32(27-10-5-3-6-11-27)24-31(37-40)28-12-9-15-30(23-28)44-21-20-38-16-18-39(19-17-38)29-13-7-4-8-14-29/h3-15,23-24,26,34,42-43H,16-22,25H2,1-2H3,(H,36,41)/t34-/m1/s1. The largest absolute Gasteiger partial charge is 0.635 e. The van der Waals surface area contributed by atoms with Crippen LogP contribution >= 0.6 is 0 Å². The second-order valence-electron chi connectivity index (χ2n) is 11.6. The summed E-state index contributed by atoms with van der Waals surface area (Å²) in [5, 5.41) is 26.2. The van der Waals surface area contributed by atoms with Crippen molar-refractivity contribution in [2.75, 3.05) is 44.2 Å². The van der Waals surface area contributed by atoms with Gasteiger partial charge in [0.2, 0.25) is 5.91 Å². The highest BCUT2D eigenvalue weighted by molar-refractivity contribution is 6.32. The molecule has 1 aliphatic rings. The predicted octanol–water partition coefficient (Wildman–Crippen LogP) is 3.89. The Bertz CT molecular complexity index is 1480. The quantitative estimate of drug-likeness (QED) is 0.146. The lowest BCUT2D eigenvalue weighted by molar-refractivity contribution is -0.125. The second-order valence-corrected chi connectivity index (χ2v) is 11.6. The number of ether oxygens (including phenoxy) is 1. The number of anilines is 1. The molecule has 236 valence electrons. The Kier molecular flexibility index (Phi) is 11.3. The molecule has 3 N–H and O–H groups in total. The molecule has 1 aliphatic heterocycles. The number of aromatic nitrogens is 2. The molecule has 45 heavy (non-hydrogen) atoms. The van der Waals surface area contributed by atoms with Gasteiger partial charge in [-0.15, -0.1) is 0 Å². The topological polar surface area (TPSA) is 112 Å². The van der Waals surface area contributed by atoms with Gasteiger partial charge in [-0.2, -0.15) is 5.10 Å². The highest BCUT2D eigenvalue weighted by Gasteiger charge is 2.23. The number of benzene rings is 3. The van der Waals surface area contributed by atoms with Crippen molar-refractivity contribution in [2.24, 2.45) is 5.92 Å². The number of hydrogen-bond acceptors (Lipinski definition) is 8. The number of nitrogens with zero attached hydrogens (tertiary/aromatic N) is 4. The average Bonchev–Trinajstić information content (AvgIpc) is 3.45. The Morgan fingerprint density at radius 3 is 2.29 bits per heavy atom. The Morgan fingerprint density at radius 2 is 1.60 bits per heavy atom. The molecule has 1 fully saturated rings. The fourth-order valence-corrected chi connectivity index (χ4v) is 5.51. The summed E-state index contributed by atoms with van der Waals surface area (Å²) in [4.78, 5) is 17.9. The number of para-hydroxylation sites is 1. The Hall–Kier alpha value is -4.16. The van der Waals surface area contributed by atoms with E-state index in [0.29, 0.717) is 18.7 Å². The van der Waals surface area contributed by atoms with E-state index in [-0.39, 0.29) is 18.4 Å². The molecule has 2 heterocycles. The molecule has 10 nitrogen and oxygen atoms in total. The first-order valence-electron chi connectivity index (χ1n) is 15.5. The van der Waals surface area contributed by atoms with Gasteiger partial charge in [-0.3, -0.25) is 14.4 Å². The minimum Gasteiger partial charge on any atom is -0.492 e. The normalized spacial score (nSPS) is 14.4. The number of nitrogens with one attached hydrogen (secondary N) is 1. The van der Waals surface area contributed by atoms with Crippen molar-refractivity contribution in [2.45, 2.75) is 33.0 Å². The highest BCUT2D eigenvalue weighted by Crippen LogP contribution is 2.28. The van der Waals surface area contributed by atoms with Crippen LogP contribution in [0.25, 0.3) is 22.5 Å². The average molecular weight is 612 g/mol. The third-order valence-corrected chi connectivity index (χ3v) is 7.74.